The van der Waals surface area contributed by atoms with Gasteiger partial charge in [0.25, 0.3) is 0 Å². The molecule has 2 saturated carbocycles. The van der Waals surface area contributed by atoms with Gasteiger partial charge in [-0.25, -0.2) is 0 Å². The van der Waals surface area contributed by atoms with Gasteiger partial charge in [0.15, 0.2) is 6.10 Å². The van der Waals surface area contributed by atoms with Crippen LogP contribution in [0, 0.1) is 28.1 Å². The highest BCUT2D eigenvalue weighted by Crippen LogP contribution is 2.67. The first-order chi connectivity index (χ1) is 15.5. The number of aliphatic hydroxyl groups is 3. The molecule has 0 radical (unpaired) electrons. The Hall–Kier alpha value is -1.48. The molecule has 3 fully saturated rings. The highest BCUT2D eigenvalue weighted by molar-refractivity contribution is 5.67. The van der Waals surface area contributed by atoms with Crippen molar-refractivity contribution in [3.05, 3.63) is 11.1 Å². The summed E-state index contributed by atoms with van der Waals surface area (Å²) < 4.78 is 17.3. The number of rotatable bonds is 2. The average molecular weight is 481 g/mol. The van der Waals surface area contributed by atoms with E-state index in [1.165, 1.54) is 13.8 Å². The van der Waals surface area contributed by atoms with Crippen LogP contribution in [-0.4, -0.2) is 70.0 Å². The predicted molar refractivity (Wildman–Crippen MR) is 122 cm³/mol. The van der Waals surface area contributed by atoms with E-state index in [4.69, 9.17) is 14.2 Å². The fourth-order valence-corrected chi connectivity index (χ4v) is 8.27. The van der Waals surface area contributed by atoms with Gasteiger partial charge in [-0.05, 0) is 29.9 Å². The standard InChI is InChI=1S/C26H40O8/c1-12-16(33-14(3)27)10-26(31)13(2)21-24(7)11-32-18(24)9-17(29)25(21,8)22(30)20(34-15(4)28)19(12)23(26,5)6/h13,16-18,20-22,29-31H,9-11H2,1-8H3/t13-,16-,17-,18+,20+,21+,22-,24+,25+,26+/m0/s1. The molecule has 1 aliphatic heterocycles. The maximum Gasteiger partial charge on any atom is 0.303 e. The van der Waals surface area contributed by atoms with Crippen LogP contribution in [0.3, 0.4) is 0 Å². The summed E-state index contributed by atoms with van der Waals surface area (Å²) in [6.07, 6.45) is -3.69. The van der Waals surface area contributed by atoms with Gasteiger partial charge in [0.1, 0.15) is 12.2 Å². The van der Waals surface area contributed by atoms with Gasteiger partial charge in [-0.1, -0.05) is 34.6 Å². The van der Waals surface area contributed by atoms with Gasteiger partial charge in [-0.2, -0.15) is 0 Å². The molecule has 0 aromatic carbocycles. The van der Waals surface area contributed by atoms with E-state index in [9.17, 15) is 24.9 Å². The zero-order chi connectivity index (χ0) is 25.6. The summed E-state index contributed by atoms with van der Waals surface area (Å²) in [5.41, 5.74) is -2.58. The first kappa shape index (κ1) is 25.6. The summed E-state index contributed by atoms with van der Waals surface area (Å²) in [7, 11) is 0. The Morgan fingerprint density at radius 2 is 1.65 bits per heavy atom. The fraction of sp³-hybridized carbons (Fsp3) is 0.846. The van der Waals surface area contributed by atoms with E-state index >= 15 is 0 Å². The normalized spacial score (nSPS) is 49.6. The molecule has 0 spiro atoms. The van der Waals surface area contributed by atoms with Crippen molar-refractivity contribution in [3.8, 4) is 0 Å². The Labute approximate surface area is 201 Å². The van der Waals surface area contributed by atoms with Crippen LogP contribution in [0.4, 0.5) is 0 Å². The molecule has 3 N–H and O–H groups in total. The highest BCUT2D eigenvalue weighted by atomic mass is 16.6. The van der Waals surface area contributed by atoms with Crippen molar-refractivity contribution in [2.45, 2.75) is 104 Å². The lowest BCUT2D eigenvalue weighted by Gasteiger charge is -2.70. The Morgan fingerprint density at radius 3 is 2.15 bits per heavy atom. The van der Waals surface area contributed by atoms with Gasteiger partial charge < -0.3 is 29.5 Å². The molecular formula is C26H40O8. The van der Waals surface area contributed by atoms with Gasteiger partial charge in [-0.3, -0.25) is 9.59 Å². The maximum atomic E-state index is 12.6. The second-order valence-corrected chi connectivity index (χ2v) is 12.1. The van der Waals surface area contributed by atoms with Crippen LogP contribution in [0.5, 0.6) is 0 Å². The van der Waals surface area contributed by atoms with E-state index in [0.717, 1.165) is 0 Å². The van der Waals surface area contributed by atoms with E-state index < -0.39 is 64.1 Å². The molecule has 0 unspecified atom stereocenters. The number of esters is 2. The van der Waals surface area contributed by atoms with Crippen LogP contribution in [0.1, 0.15) is 68.2 Å². The summed E-state index contributed by atoms with van der Waals surface area (Å²) in [5, 5.41) is 36.0. The third kappa shape index (κ3) is 3.11. The smallest absolute Gasteiger partial charge is 0.303 e. The zero-order valence-corrected chi connectivity index (χ0v) is 21.5. The number of fused-ring (bicyclic) bond motifs is 5. The predicted octanol–water partition coefficient (Wildman–Crippen LogP) is 2.13. The molecule has 4 aliphatic rings. The minimum atomic E-state index is -1.38. The van der Waals surface area contributed by atoms with Crippen LogP contribution >= 0.6 is 0 Å². The summed E-state index contributed by atoms with van der Waals surface area (Å²) in [4.78, 5) is 24.3. The number of ether oxygens (including phenoxy) is 3. The van der Waals surface area contributed by atoms with Crippen molar-refractivity contribution < 1.29 is 39.1 Å². The van der Waals surface area contributed by atoms with Crippen LogP contribution in [0.15, 0.2) is 11.1 Å². The number of carbonyl (C=O) groups excluding carboxylic acids is 2. The lowest BCUT2D eigenvalue weighted by atomic mass is 9.40. The Balaban J connectivity index is 2.03. The van der Waals surface area contributed by atoms with Crippen LogP contribution < -0.4 is 0 Å². The molecule has 3 aliphatic carbocycles. The minimum absolute atomic E-state index is 0.170. The van der Waals surface area contributed by atoms with Crippen molar-refractivity contribution >= 4 is 11.9 Å². The molecule has 0 aromatic heterocycles. The van der Waals surface area contributed by atoms with E-state index in [1.807, 2.05) is 27.7 Å². The maximum absolute atomic E-state index is 12.6. The summed E-state index contributed by atoms with van der Waals surface area (Å²) >= 11 is 0. The molecule has 192 valence electrons. The number of aliphatic hydroxyl groups excluding tert-OH is 2. The molecule has 34 heavy (non-hydrogen) atoms. The molecule has 10 atom stereocenters. The minimum Gasteiger partial charge on any atom is -0.458 e. The molecule has 1 saturated heterocycles. The zero-order valence-electron chi connectivity index (χ0n) is 21.5. The molecule has 8 nitrogen and oxygen atoms in total. The van der Waals surface area contributed by atoms with Crippen LogP contribution in [0.25, 0.3) is 0 Å². The number of carbonyl (C=O) groups is 2. The Kier molecular flexibility index (Phi) is 5.84. The average Bonchev–Trinajstić information content (AvgIpc) is 2.71. The van der Waals surface area contributed by atoms with Gasteiger partial charge in [0, 0.05) is 42.9 Å². The SMILES string of the molecule is CC(=O)O[C@H]1C[C@@]2(O)[C@@H](C)[C@@H]3[C@]4(C)CO[C@@H]4C[C@H](O)[C@@]3(C)[C@@H](O)[C@H](OC(C)=O)C(=C1C)C2(C)C. The molecule has 0 aromatic rings. The van der Waals surface area contributed by atoms with E-state index in [-0.39, 0.29) is 18.4 Å². The first-order valence-corrected chi connectivity index (χ1v) is 12.3. The van der Waals surface area contributed by atoms with Crippen molar-refractivity contribution in [1.29, 1.82) is 0 Å². The molecule has 8 heteroatoms. The van der Waals surface area contributed by atoms with E-state index in [2.05, 4.69) is 6.92 Å². The summed E-state index contributed by atoms with van der Waals surface area (Å²) in [5.74, 6) is -1.82. The second-order valence-electron chi connectivity index (χ2n) is 12.1. The fourth-order valence-electron chi connectivity index (χ4n) is 8.27. The molecular weight excluding hydrogens is 440 g/mol. The molecule has 0 amide bonds. The number of hydrogen-bond donors (Lipinski definition) is 3. The first-order valence-electron chi connectivity index (χ1n) is 12.3. The summed E-state index contributed by atoms with van der Waals surface area (Å²) in [6, 6.07) is 0. The van der Waals surface area contributed by atoms with Crippen molar-refractivity contribution in [3.63, 3.8) is 0 Å². The third-order valence-electron chi connectivity index (χ3n) is 10.1. The topological polar surface area (TPSA) is 123 Å². The number of hydrogen-bond acceptors (Lipinski definition) is 8. The highest BCUT2D eigenvalue weighted by Gasteiger charge is 2.73. The van der Waals surface area contributed by atoms with Gasteiger partial charge >= 0.3 is 11.9 Å². The second kappa shape index (κ2) is 7.76. The third-order valence-corrected chi connectivity index (χ3v) is 10.1. The lowest BCUT2D eigenvalue weighted by molar-refractivity contribution is -0.328. The Morgan fingerprint density at radius 1 is 1.06 bits per heavy atom. The van der Waals surface area contributed by atoms with Crippen molar-refractivity contribution in [2.75, 3.05) is 6.61 Å². The lowest BCUT2D eigenvalue weighted by Crippen LogP contribution is -2.76. The van der Waals surface area contributed by atoms with Crippen LogP contribution in [-0.2, 0) is 23.8 Å². The van der Waals surface area contributed by atoms with E-state index in [0.29, 0.717) is 24.2 Å². The van der Waals surface area contributed by atoms with Crippen molar-refractivity contribution in [1.82, 2.24) is 0 Å². The van der Waals surface area contributed by atoms with Gasteiger partial charge in [-0.15, -0.1) is 0 Å². The van der Waals surface area contributed by atoms with E-state index in [1.54, 1.807) is 6.92 Å². The van der Waals surface area contributed by atoms with Gasteiger partial charge in [0.2, 0.25) is 0 Å². The monoisotopic (exact) mass is 480 g/mol. The molecule has 1 heterocycles. The quantitative estimate of drug-likeness (QED) is 0.406. The largest absolute Gasteiger partial charge is 0.458 e. The van der Waals surface area contributed by atoms with Gasteiger partial charge in [0.05, 0.1) is 24.4 Å². The molecule has 4 rings (SSSR count). The van der Waals surface area contributed by atoms with Crippen molar-refractivity contribution in [2.24, 2.45) is 28.1 Å². The summed E-state index contributed by atoms with van der Waals surface area (Å²) in [6.45, 7) is 14.5. The Bertz CT molecular complexity index is 926. The van der Waals surface area contributed by atoms with Crippen LogP contribution in [0.2, 0.25) is 0 Å². The molecule has 2 bridgehead atoms.